The smallest absolute Gasteiger partial charge is 0.409 e. The maximum absolute atomic E-state index is 11.5. The van der Waals surface area contributed by atoms with Gasteiger partial charge in [0, 0.05) is 20.1 Å². The molecule has 0 radical (unpaired) electrons. The largest absolute Gasteiger partial charge is 0.449 e. The number of ether oxygens (including phenoxy) is 2. The number of nitrogens with zero attached hydrogens (tertiary/aromatic N) is 1. The molecular weight excluding hydrogens is 248 g/mol. The summed E-state index contributed by atoms with van der Waals surface area (Å²) in [6.07, 6.45) is 0.921. The summed E-state index contributed by atoms with van der Waals surface area (Å²) in [4.78, 5) is 24.1. The van der Waals surface area contributed by atoms with Gasteiger partial charge in [-0.3, -0.25) is 0 Å². The molecule has 1 N–H and O–H groups in total. The number of nitrogens with one attached hydrogen (secondary N) is 1. The Hall–Kier alpha value is -1.46. The zero-order chi connectivity index (χ0) is 14.6. The quantitative estimate of drug-likeness (QED) is 0.853. The van der Waals surface area contributed by atoms with E-state index in [0.717, 1.165) is 12.8 Å². The SMILES string of the molecule is CN(C)C(=O)OC[C@H]1C[C@@H](NC(=O)OC(C)(C)C)C1. The maximum Gasteiger partial charge on any atom is 0.409 e. The summed E-state index contributed by atoms with van der Waals surface area (Å²) in [7, 11) is 3.30. The van der Waals surface area contributed by atoms with E-state index < -0.39 is 5.60 Å². The molecule has 1 aliphatic carbocycles. The van der Waals surface area contributed by atoms with Crippen LogP contribution in [0.3, 0.4) is 0 Å². The van der Waals surface area contributed by atoms with E-state index in [-0.39, 0.29) is 18.2 Å². The lowest BCUT2D eigenvalue weighted by molar-refractivity contribution is 0.0378. The second-order valence-electron chi connectivity index (χ2n) is 6.15. The van der Waals surface area contributed by atoms with Crippen LogP contribution in [0.15, 0.2) is 0 Å². The predicted octanol–water partition coefficient (Wildman–Crippen LogP) is 1.99. The van der Waals surface area contributed by atoms with Gasteiger partial charge >= 0.3 is 12.2 Å². The van der Waals surface area contributed by atoms with Crippen LogP contribution in [0.4, 0.5) is 9.59 Å². The van der Waals surface area contributed by atoms with Crippen molar-refractivity contribution in [3.63, 3.8) is 0 Å². The van der Waals surface area contributed by atoms with Gasteiger partial charge < -0.3 is 19.7 Å². The Bertz CT molecular complexity index is 330. The third kappa shape index (κ3) is 5.81. The average Bonchev–Trinajstić information content (AvgIpc) is 2.17. The fourth-order valence-corrected chi connectivity index (χ4v) is 1.78. The summed E-state index contributed by atoms with van der Waals surface area (Å²) >= 11 is 0. The van der Waals surface area contributed by atoms with Crippen LogP contribution < -0.4 is 5.32 Å². The van der Waals surface area contributed by atoms with Gasteiger partial charge in [0.1, 0.15) is 5.60 Å². The zero-order valence-corrected chi connectivity index (χ0v) is 12.4. The second kappa shape index (κ2) is 6.12. The van der Waals surface area contributed by atoms with Gasteiger partial charge in [-0.05, 0) is 39.5 Å². The fraction of sp³-hybridized carbons (Fsp3) is 0.846. The van der Waals surface area contributed by atoms with Crippen LogP contribution in [-0.4, -0.2) is 49.4 Å². The Kier molecular flexibility index (Phi) is 5.03. The molecule has 0 aromatic rings. The van der Waals surface area contributed by atoms with Gasteiger partial charge in [0.05, 0.1) is 6.61 Å². The molecule has 1 rings (SSSR count). The molecule has 0 bridgehead atoms. The van der Waals surface area contributed by atoms with Crippen molar-refractivity contribution in [1.82, 2.24) is 10.2 Å². The molecule has 0 aromatic carbocycles. The number of alkyl carbamates (subject to hydrolysis) is 1. The first-order chi connectivity index (χ1) is 8.67. The van der Waals surface area contributed by atoms with Crippen molar-refractivity contribution in [2.24, 2.45) is 5.92 Å². The molecule has 1 aliphatic rings. The zero-order valence-electron chi connectivity index (χ0n) is 12.4. The molecule has 6 nitrogen and oxygen atoms in total. The van der Waals surface area contributed by atoms with E-state index in [2.05, 4.69) is 5.32 Å². The molecule has 6 heteroatoms. The lowest BCUT2D eigenvalue weighted by atomic mass is 9.81. The first kappa shape index (κ1) is 15.6. The molecule has 0 unspecified atom stereocenters. The Morgan fingerprint density at radius 2 is 1.84 bits per heavy atom. The van der Waals surface area contributed by atoms with Crippen LogP contribution in [0.2, 0.25) is 0 Å². The van der Waals surface area contributed by atoms with Gasteiger partial charge in [0.25, 0.3) is 0 Å². The minimum absolute atomic E-state index is 0.123. The Morgan fingerprint density at radius 1 is 1.26 bits per heavy atom. The van der Waals surface area contributed by atoms with Crippen LogP contribution in [0, 0.1) is 5.92 Å². The van der Waals surface area contributed by atoms with Gasteiger partial charge in [-0.15, -0.1) is 0 Å². The van der Waals surface area contributed by atoms with Crippen molar-refractivity contribution in [1.29, 1.82) is 0 Å². The van der Waals surface area contributed by atoms with E-state index in [9.17, 15) is 9.59 Å². The highest BCUT2D eigenvalue weighted by molar-refractivity contribution is 5.68. The van der Waals surface area contributed by atoms with E-state index in [1.165, 1.54) is 4.90 Å². The van der Waals surface area contributed by atoms with Crippen molar-refractivity contribution >= 4 is 12.2 Å². The van der Waals surface area contributed by atoms with Crippen LogP contribution in [0.25, 0.3) is 0 Å². The van der Waals surface area contributed by atoms with Crippen molar-refractivity contribution < 1.29 is 19.1 Å². The maximum atomic E-state index is 11.5. The van der Waals surface area contributed by atoms with Crippen LogP contribution in [0.1, 0.15) is 33.6 Å². The Morgan fingerprint density at radius 3 is 2.32 bits per heavy atom. The highest BCUT2D eigenvalue weighted by atomic mass is 16.6. The summed E-state index contributed by atoms with van der Waals surface area (Å²) in [6.45, 7) is 5.90. The number of rotatable bonds is 3. The fourth-order valence-electron chi connectivity index (χ4n) is 1.78. The first-order valence-electron chi connectivity index (χ1n) is 6.51. The molecule has 19 heavy (non-hydrogen) atoms. The molecule has 0 saturated heterocycles. The predicted molar refractivity (Wildman–Crippen MR) is 70.9 cm³/mol. The third-order valence-corrected chi connectivity index (χ3v) is 2.76. The average molecular weight is 272 g/mol. The number of carbonyl (C=O) groups is 2. The monoisotopic (exact) mass is 272 g/mol. The van der Waals surface area contributed by atoms with Crippen LogP contribution >= 0.6 is 0 Å². The summed E-state index contributed by atoms with van der Waals surface area (Å²) in [5.74, 6) is 0.323. The Labute approximate surface area is 114 Å². The van der Waals surface area contributed by atoms with Crippen molar-refractivity contribution in [2.75, 3.05) is 20.7 Å². The summed E-state index contributed by atoms with van der Waals surface area (Å²) in [5.41, 5.74) is -0.478. The molecule has 0 spiro atoms. The lowest BCUT2D eigenvalue weighted by Gasteiger charge is -2.35. The minimum Gasteiger partial charge on any atom is -0.449 e. The topological polar surface area (TPSA) is 67.9 Å². The highest BCUT2D eigenvalue weighted by Crippen LogP contribution is 2.28. The molecule has 0 atom stereocenters. The first-order valence-corrected chi connectivity index (χ1v) is 6.51. The van der Waals surface area contributed by atoms with Crippen LogP contribution in [0.5, 0.6) is 0 Å². The molecule has 1 fully saturated rings. The second-order valence-corrected chi connectivity index (χ2v) is 6.15. The highest BCUT2D eigenvalue weighted by Gasteiger charge is 2.32. The summed E-state index contributed by atoms with van der Waals surface area (Å²) in [6, 6.07) is 0.123. The van der Waals surface area contributed by atoms with E-state index in [1.54, 1.807) is 14.1 Å². The number of hydrogen-bond donors (Lipinski definition) is 1. The van der Waals surface area contributed by atoms with Gasteiger partial charge in [-0.1, -0.05) is 0 Å². The van der Waals surface area contributed by atoms with Gasteiger partial charge in [0.15, 0.2) is 0 Å². The van der Waals surface area contributed by atoms with E-state index >= 15 is 0 Å². The van der Waals surface area contributed by atoms with Crippen molar-refractivity contribution in [3.8, 4) is 0 Å². The van der Waals surface area contributed by atoms with E-state index in [0.29, 0.717) is 12.5 Å². The van der Waals surface area contributed by atoms with Gasteiger partial charge in [-0.25, -0.2) is 9.59 Å². The number of amides is 2. The number of carbonyl (C=O) groups excluding carboxylic acids is 2. The minimum atomic E-state index is -0.478. The van der Waals surface area contributed by atoms with Crippen molar-refractivity contribution in [2.45, 2.75) is 45.3 Å². The van der Waals surface area contributed by atoms with E-state index in [4.69, 9.17) is 9.47 Å². The standard InChI is InChI=1S/C13H24N2O4/c1-13(2,3)19-11(16)14-10-6-9(7-10)8-18-12(17)15(4)5/h9-10H,6-8H2,1-5H3,(H,14,16)/t9-,10+. The van der Waals surface area contributed by atoms with Crippen molar-refractivity contribution in [3.05, 3.63) is 0 Å². The molecule has 1 saturated carbocycles. The Balaban J connectivity index is 2.14. The van der Waals surface area contributed by atoms with E-state index in [1.807, 2.05) is 20.8 Å². The van der Waals surface area contributed by atoms with Gasteiger partial charge in [0.2, 0.25) is 0 Å². The molecule has 2 amide bonds. The van der Waals surface area contributed by atoms with Crippen LogP contribution in [-0.2, 0) is 9.47 Å². The molecule has 0 heterocycles. The molecule has 110 valence electrons. The molecular formula is C13H24N2O4. The third-order valence-electron chi connectivity index (χ3n) is 2.76. The number of hydrogen-bond acceptors (Lipinski definition) is 4. The normalized spacial score (nSPS) is 22.2. The summed E-state index contributed by atoms with van der Waals surface area (Å²) in [5, 5.41) is 2.80. The van der Waals surface area contributed by atoms with Gasteiger partial charge in [-0.2, -0.15) is 0 Å². The molecule has 0 aromatic heterocycles. The lowest BCUT2D eigenvalue weighted by Crippen LogP contribution is -2.47. The summed E-state index contributed by atoms with van der Waals surface area (Å²) < 4.78 is 10.3. The molecule has 0 aliphatic heterocycles.